The molecule has 0 aliphatic carbocycles. The summed E-state index contributed by atoms with van der Waals surface area (Å²) in [5.74, 6) is -0.530. The minimum atomic E-state index is -4.48. The highest BCUT2D eigenvalue weighted by Gasteiger charge is 2.28. The van der Waals surface area contributed by atoms with E-state index in [4.69, 9.17) is 4.74 Å². The van der Waals surface area contributed by atoms with Crippen LogP contribution < -0.4 is 10.6 Å². The molecule has 4 rings (SSSR count). The lowest BCUT2D eigenvalue weighted by atomic mass is 10.0. The Bertz CT molecular complexity index is 1160. The number of H-pyrrole nitrogens is 1. The average Bonchev–Trinajstić information content (AvgIpc) is 3.21. The summed E-state index contributed by atoms with van der Waals surface area (Å²) in [6.45, 7) is 1.29. The van der Waals surface area contributed by atoms with E-state index in [0.717, 1.165) is 28.5 Å². The molecule has 0 unspecified atom stereocenters. The van der Waals surface area contributed by atoms with Crippen LogP contribution in [-0.4, -0.2) is 57.8 Å². The maximum absolute atomic E-state index is 12.3. The van der Waals surface area contributed by atoms with Crippen LogP contribution in [0.25, 0.3) is 27.9 Å². The van der Waals surface area contributed by atoms with E-state index in [2.05, 4.69) is 31.3 Å². The lowest BCUT2D eigenvalue weighted by molar-refractivity contribution is -0.138. The predicted molar refractivity (Wildman–Crippen MR) is 113 cm³/mol. The lowest BCUT2D eigenvalue weighted by Crippen LogP contribution is -2.42. The Balaban J connectivity index is 1.55. The van der Waals surface area contributed by atoms with Crippen molar-refractivity contribution in [2.75, 3.05) is 25.1 Å². The summed E-state index contributed by atoms with van der Waals surface area (Å²) in [4.78, 5) is 28.1. The second kappa shape index (κ2) is 8.95. The Kier molecular flexibility index (Phi) is 6.08. The van der Waals surface area contributed by atoms with Crippen LogP contribution in [0.3, 0.4) is 0 Å². The molecule has 4 heterocycles. The standard InChI is InChI=1S/C21H21F3N6O2/c1-12(20(31)28-11-21(22,23)24)29-18-9-25-8-17(30-18)16-7-27-19-15(16)5-14(6-26-19)13-3-2-4-32-10-13/h3,5-9,12H,2,4,10-11H2,1H3,(H,26,27)(H,28,31)(H,29,30)/t12-/m1/s1. The molecule has 11 heteroatoms. The van der Waals surface area contributed by atoms with Crippen molar-refractivity contribution >= 4 is 28.3 Å². The predicted octanol–water partition coefficient (Wildman–Crippen LogP) is 3.30. The molecule has 8 nitrogen and oxygen atoms in total. The SMILES string of the molecule is C[C@@H](Nc1cncc(-c2c[nH]c3ncc(C4=CCCOC4)cc23)n1)C(=O)NCC(F)(F)F. The molecular weight excluding hydrogens is 425 g/mol. The van der Waals surface area contributed by atoms with Crippen LogP contribution in [0.15, 0.2) is 36.9 Å². The second-order valence-corrected chi connectivity index (χ2v) is 7.38. The van der Waals surface area contributed by atoms with Crippen LogP contribution in [-0.2, 0) is 9.53 Å². The van der Waals surface area contributed by atoms with Crippen LogP contribution in [0.5, 0.6) is 0 Å². The van der Waals surface area contributed by atoms with E-state index in [1.54, 1.807) is 18.6 Å². The van der Waals surface area contributed by atoms with Gasteiger partial charge in [0.05, 0.1) is 31.3 Å². The number of alkyl halides is 3. The third kappa shape index (κ3) is 5.05. The Hall–Kier alpha value is -3.47. The number of carbonyl (C=O) groups is 1. The molecule has 0 saturated heterocycles. The summed E-state index contributed by atoms with van der Waals surface area (Å²) in [6.07, 6.45) is 5.03. The summed E-state index contributed by atoms with van der Waals surface area (Å²) in [5.41, 5.74) is 3.99. The first-order chi connectivity index (χ1) is 15.3. The number of amides is 1. The number of nitrogens with zero attached hydrogens (tertiary/aromatic N) is 3. The van der Waals surface area contributed by atoms with Crippen molar-refractivity contribution in [1.29, 1.82) is 0 Å². The molecule has 168 valence electrons. The molecule has 0 radical (unpaired) electrons. The van der Waals surface area contributed by atoms with E-state index in [0.29, 0.717) is 24.6 Å². The molecule has 0 fully saturated rings. The zero-order valence-electron chi connectivity index (χ0n) is 17.2. The largest absolute Gasteiger partial charge is 0.405 e. The van der Waals surface area contributed by atoms with Crippen LogP contribution in [0.4, 0.5) is 19.0 Å². The van der Waals surface area contributed by atoms with Crippen LogP contribution in [0.2, 0.25) is 0 Å². The minimum Gasteiger partial charge on any atom is -0.376 e. The van der Waals surface area contributed by atoms with Gasteiger partial charge in [-0.05, 0) is 30.5 Å². The van der Waals surface area contributed by atoms with Gasteiger partial charge in [-0.2, -0.15) is 13.2 Å². The number of halogens is 3. The number of hydrogen-bond acceptors (Lipinski definition) is 6. The number of pyridine rings is 1. The molecule has 3 aromatic heterocycles. The number of carbonyl (C=O) groups excluding carboxylic acids is 1. The summed E-state index contributed by atoms with van der Waals surface area (Å²) in [7, 11) is 0. The molecule has 1 atom stereocenters. The molecule has 0 spiro atoms. The number of ether oxygens (including phenoxy) is 1. The van der Waals surface area contributed by atoms with Crippen molar-refractivity contribution in [3.05, 3.63) is 42.5 Å². The van der Waals surface area contributed by atoms with Gasteiger partial charge in [-0.3, -0.25) is 9.78 Å². The number of aromatic amines is 1. The molecule has 1 aliphatic heterocycles. The van der Waals surface area contributed by atoms with Gasteiger partial charge < -0.3 is 20.4 Å². The van der Waals surface area contributed by atoms with Crippen molar-refractivity contribution < 1.29 is 22.7 Å². The number of anilines is 1. The van der Waals surface area contributed by atoms with Gasteiger partial charge in [0.15, 0.2) is 0 Å². The molecule has 1 aliphatic rings. The first kappa shape index (κ1) is 21.8. The first-order valence-electron chi connectivity index (χ1n) is 9.98. The minimum absolute atomic E-state index is 0.263. The molecule has 0 bridgehead atoms. The van der Waals surface area contributed by atoms with Crippen molar-refractivity contribution in [1.82, 2.24) is 25.3 Å². The summed E-state index contributed by atoms with van der Waals surface area (Å²) in [6, 6.07) is 1.07. The quantitative estimate of drug-likeness (QED) is 0.537. The Morgan fingerprint density at radius 1 is 1.31 bits per heavy atom. The van der Waals surface area contributed by atoms with Gasteiger partial charge in [-0.25, -0.2) is 9.97 Å². The normalized spacial score (nSPS) is 15.3. The average molecular weight is 446 g/mol. The molecule has 3 N–H and O–H groups in total. The Morgan fingerprint density at radius 3 is 2.91 bits per heavy atom. The first-order valence-corrected chi connectivity index (χ1v) is 9.98. The van der Waals surface area contributed by atoms with E-state index in [1.807, 2.05) is 11.4 Å². The van der Waals surface area contributed by atoms with Crippen molar-refractivity contribution in [3.8, 4) is 11.3 Å². The maximum Gasteiger partial charge on any atom is 0.405 e. The van der Waals surface area contributed by atoms with E-state index in [-0.39, 0.29) is 5.82 Å². The number of aromatic nitrogens is 4. The number of hydrogen-bond donors (Lipinski definition) is 3. The Morgan fingerprint density at radius 2 is 2.16 bits per heavy atom. The van der Waals surface area contributed by atoms with Crippen molar-refractivity contribution in [2.45, 2.75) is 25.6 Å². The van der Waals surface area contributed by atoms with Crippen molar-refractivity contribution in [3.63, 3.8) is 0 Å². The third-order valence-electron chi connectivity index (χ3n) is 4.94. The topological polar surface area (TPSA) is 105 Å². The highest BCUT2D eigenvalue weighted by molar-refractivity contribution is 5.94. The Labute approximate surface area is 181 Å². The molecule has 32 heavy (non-hydrogen) atoms. The maximum atomic E-state index is 12.3. The summed E-state index contributed by atoms with van der Waals surface area (Å²) in [5, 5.41) is 5.47. The van der Waals surface area contributed by atoms with Crippen LogP contribution >= 0.6 is 0 Å². The van der Waals surface area contributed by atoms with E-state index in [9.17, 15) is 18.0 Å². The van der Waals surface area contributed by atoms with E-state index in [1.165, 1.54) is 13.1 Å². The lowest BCUT2D eigenvalue weighted by Gasteiger charge is -2.15. The van der Waals surface area contributed by atoms with Crippen LogP contribution in [0, 0.1) is 0 Å². The highest BCUT2D eigenvalue weighted by atomic mass is 19.4. The van der Waals surface area contributed by atoms with Gasteiger partial charge in [0.1, 0.15) is 24.1 Å². The fourth-order valence-corrected chi connectivity index (χ4v) is 3.34. The van der Waals surface area contributed by atoms with Gasteiger partial charge in [-0.1, -0.05) is 6.08 Å². The smallest absolute Gasteiger partial charge is 0.376 e. The number of rotatable bonds is 6. The van der Waals surface area contributed by atoms with Gasteiger partial charge in [0.2, 0.25) is 5.91 Å². The van der Waals surface area contributed by atoms with Gasteiger partial charge >= 0.3 is 6.18 Å². The summed E-state index contributed by atoms with van der Waals surface area (Å²) >= 11 is 0. The number of nitrogens with one attached hydrogen (secondary N) is 3. The highest BCUT2D eigenvalue weighted by Crippen LogP contribution is 2.29. The third-order valence-corrected chi connectivity index (χ3v) is 4.94. The van der Waals surface area contributed by atoms with Crippen molar-refractivity contribution in [2.24, 2.45) is 0 Å². The van der Waals surface area contributed by atoms with Gasteiger partial charge in [-0.15, -0.1) is 0 Å². The second-order valence-electron chi connectivity index (χ2n) is 7.38. The zero-order chi connectivity index (χ0) is 22.7. The monoisotopic (exact) mass is 446 g/mol. The fourth-order valence-electron chi connectivity index (χ4n) is 3.34. The summed E-state index contributed by atoms with van der Waals surface area (Å²) < 4.78 is 42.5. The van der Waals surface area contributed by atoms with Gasteiger partial charge in [0, 0.05) is 23.3 Å². The number of fused-ring (bicyclic) bond motifs is 1. The molecule has 0 saturated carbocycles. The van der Waals surface area contributed by atoms with Crippen LogP contribution in [0.1, 0.15) is 18.9 Å². The van der Waals surface area contributed by atoms with E-state index >= 15 is 0 Å². The van der Waals surface area contributed by atoms with E-state index < -0.39 is 24.7 Å². The van der Waals surface area contributed by atoms with Gasteiger partial charge in [0.25, 0.3) is 0 Å². The molecule has 0 aromatic carbocycles. The fraction of sp³-hybridized carbons (Fsp3) is 0.333. The molecular formula is C21H21F3N6O2. The molecule has 1 amide bonds. The zero-order valence-corrected chi connectivity index (χ0v) is 17.2. The molecule has 3 aromatic rings.